The van der Waals surface area contributed by atoms with Crippen molar-refractivity contribution in [2.45, 2.75) is 22.5 Å². The highest BCUT2D eigenvalue weighted by Crippen LogP contribution is 2.28. The number of amides is 1. The maximum atomic E-state index is 13.2. The molecular formula is C29H28ClN3O6S. The Morgan fingerprint density at radius 3 is 2.38 bits per heavy atom. The number of carbonyl (C=O) groups excluding carboxylic acids is 1. The zero-order chi connectivity index (χ0) is 28.5. The van der Waals surface area contributed by atoms with Crippen molar-refractivity contribution in [2.24, 2.45) is 5.73 Å². The smallest absolute Gasteiger partial charge is 0.252 e. The largest absolute Gasteiger partial charge is 0.492 e. The number of nitrogens with one attached hydrogen (secondary N) is 1. The van der Waals surface area contributed by atoms with Gasteiger partial charge in [-0.1, -0.05) is 48.0 Å². The summed E-state index contributed by atoms with van der Waals surface area (Å²) in [5.74, 6) is -0.120. The van der Waals surface area contributed by atoms with Gasteiger partial charge in [-0.2, -0.15) is 0 Å². The third-order valence-electron chi connectivity index (χ3n) is 5.92. The SMILES string of the molecule is NC(=O)c1cc(S(=O)(=O)c2ccc(OCCNC[C@@H](O)c3ccc(Cl)nc3)cc2)ccc1OCc1ccccc1. The van der Waals surface area contributed by atoms with E-state index in [2.05, 4.69) is 10.3 Å². The van der Waals surface area contributed by atoms with Gasteiger partial charge in [0.15, 0.2) is 0 Å². The summed E-state index contributed by atoms with van der Waals surface area (Å²) in [5.41, 5.74) is 7.03. The molecule has 0 radical (unpaired) electrons. The molecule has 4 rings (SSSR count). The summed E-state index contributed by atoms with van der Waals surface area (Å²) in [6.07, 6.45) is 0.776. The van der Waals surface area contributed by atoms with Crippen LogP contribution in [0.2, 0.25) is 5.15 Å². The molecule has 1 heterocycles. The number of carbonyl (C=O) groups is 1. The molecule has 0 saturated carbocycles. The van der Waals surface area contributed by atoms with Gasteiger partial charge in [-0.05, 0) is 54.1 Å². The molecule has 0 aliphatic heterocycles. The second-order valence-electron chi connectivity index (χ2n) is 8.75. The number of primary amides is 1. The lowest BCUT2D eigenvalue weighted by Gasteiger charge is -2.13. The molecule has 1 aromatic heterocycles. The van der Waals surface area contributed by atoms with Gasteiger partial charge in [-0.25, -0.2) is 13.4 Å². The van der Waals surface area contributed by atoms with Crippen LogP contribution in [0.4, 0.5) is 0 Å². The van der Waals surface area contributed by atoms with Gasteiger partial charge >= 0.3 is 0 Å². The van der Waals surface area contributed by atoms with Gasteiger partial charge in [-0.3, -0.25) is 4.79 Å². The highest BCUT2D eigenvalue weighted by atomic mass is 35.5. The van der Waals surface area contributed by atoms with Crippen LogP contribution in [0.1, 0.15) is 27.6 Å². The second kappa shape index (κ2) is 13.4. The number of halogens is 1. The molecular weight excluding hydrogens is 554 g/mol. The van der Waals surface area contributed by atoms with Crippen LogP contribution >= 0.6 is 11.6 Å². The van der Waals surface area contributed by atoms with E-state index in [0.717, 1.165) is 5.56 Å². The fourth-order valence-electron chi connectivity index (χ4n) is 3.76. The number of nitrogens with two attached hydrogens (primary N) is 1. The fourth-order valence-corrected chi connectivity index (χ4v) is 5.16. The van der Waals surface area contributed by atoms with Crippen LogP contribution in [-0.4, -0.2) is 44.1 Å². The van der Waals surface area contributed by atoms with Crippen molar-refractivity contribution in [2.75, 3.05) is 19.7 Å². The molecule has 0 fully saturated rings. The third-order valence-corrected chi connectivity index (χ3v) is 7.91. The Bertz CT molecular complexity index is 1530. The van der Waals surface area contributed by atoms with E-state index in [4.69, 9.17) is 26.8 Å². The van der Waals surface area contributed by atoms with Gasteiger partial charge in [-0.15, -0.1) is 0 Å². The number of aliphatic hydroxyl groups is 1. The number of aliphatic hydroxyl groups excluding tert-OH is 1. The van der Waals surface area contributed by atoms with E-state index >= 15 is 0 Å². The lowest BCUT2D eigenvalue weighted by atomic mass is 10.1. The number of pyridine rings is 1. The predicted octanol–water partition coefficient (Wildman–Crippen LogP) is 3.95. The second-order valence-corrected chi connectivity index (χ2v) is 11.1. The van der Waals surface area contributed by atoms with Crippen LogP contribution in [0.5, 0.6) is 11.5 Å². The molecule has 0 aliphatic carbocycles. The molecule has 9 nitrogen and oxygen atoms in total. The Morgan fingerprint density at radius 2 is 1.70 bits per heavy atom. The van der Waals surface area contributed by atoms with Crippen LogP contribution in [0.3, 0.4) is 0 Å². The number of aromatic nitrogens is 1. The molecule has 0 spiro atoms. The Labute approximate surface area is 237 Å². The van der Waals surface area contributed by atoms with Gasteiger partial charge in [0, 0.05) is 24.8 Å². The summed E-state index contributed by atoms with van der Waals surface area (Å²) >= 11 is 5.76. The molecule has 4 N–H and O–H groups in total. The summed E-state index contributed by atoms with van der Waals surface area (Å²) < 4.78 is 37.9. The number of hydrogen-bond acceptors (Lipinski definition) is 8. The average molecular weight is 582 g/mol. The highest BCUT2D eigenvalue weighted by molar-refractivity contribution is 7.91. The van der Waals surface area contributed by atoms with Crippen LogP contribution in [-0.2, 0) is 16.4 Å². The molecule has 4 aromatic rings. The first kappa shape index (κ1) is 29.0. The molecule has 208 valence electrons. The van der Waals surface area contributed by atoms with E-state index in [-0.39, 0.29) is 27.7 Å². The monoisotopic (exact) mass is 581 g/mol. The molecule has 3 aromatic carbocycles. The van der Waals surface area contributed by atoms with Gasteiger partial charge < -0.3 is 25.6 Å². The average Bonchev–Trinajstić information content (AvgIpc) is 2.96. The molecule has 40 heavy (non-hydrogen) atoms. The topological polar surface area (TPSA) is 141 Å². The molecule has 0 bridgehead atoms. The Hall–Kier alpha value is -3.96. The van der Waals surface area contributed by atoms with Crippen molar-refractivity contribution < 1.29 is 27.8 Å². The van der Waals surface area contributed by atoms with Gasteiger partial charge in [0.1, 0.15) is 29.9 Å². The van der Waals surface area contributed by atoms with Crippen LogP contribution in [0.15, 0.2) is 101 Å². The van der Waals surface area contributed by atoms with E-state index in [0.29, 0.717) is 36.2 Å². The Kier molecular flexibility index (Phi) is 9.73. The van der Waals surface area contributed by atoms with E-state index < -0.39 is 21.8 Å². The van der Waals surface area contributed by atoms with E-state index in [1.807, 2.05) is 30.3 Å². The molecule has 0 aliphatic rings. The standard InChI is InChI=1S/C29H28ClN3O6S/c30-28-13-6-21(17-33-28)26(34)18-32-14-15-38-22-7-9-23(10-8-22)40(36,37)24-11-12-27(25(16-24)29(31)35)39-19-20-4-2-1-3-5-20/h1-13,16-17,26,32,34H,14-15,18-19H2,(H2,31,35)/t26-/m1/s1. The number of benzene rings is 3. The summed E-state index contributed by atoms with van der Waals surface area (Å²) in [6, 6.07) is 22.7. The summed E-state index contributed by atoms with van der Waals surface area (Å²) in [4.78, 5) is 16.0. The van der Waals surface area contributed by atoms with Crippen LogP contribution in [0, 0.1) is 0 Å². The van der Waals surface area contributed by atoms with Crippen LogP contribution in [0.25, 0.3) is 0 Å². The zero-order valence-corrected chi connectivity index (χ0v) is 22.9. The van der Waals surface area contributed by atoms with Crippen LogP contribution < -0.4 is 20.5 Å². The summed E-state index contributed by atoms with van der Waals surface area (Å²) in [5, 5.41) is 13.6. The first-order valence-electron chi connectivity index (χ1n) is 12.3. The molecule has 1 atom stereocenters. The lowest BCUT2D eigenvalue weighted by Crippen LogP contribution is -2.26. The highest BCUT2D eigenvalue weighted by Gasteiger charge is 2.21. The van der Waals surface area contributed by atoms with Crippen molar-refractivity contribution in [3.63, 3.8) is 0 Å². The number of ether oxygens (including phenoxy) is 2. The molecule has 0 saturated heterocycles. The Morgan fingerprint density at radius 1 is 0.975 bits per heavy atom. The minimum atomic E-state index is -3.94. The predicted molar refractivity (Wildman–Crippen MR) is 150 cm³/mol. The Balaban J connectivity index is 1.33. The minimum absolute atomic E-state index is 0.0260. The van der Waals surface area contributed by atoms with Crippen molar-refractivity contribution in [1.29, 1.82) is 0 Å². The summed E-state index contributed by atoms with van der Waals surface area (Å²) in [6.45, 7) is 1.24. The van der Waals surface area contributed by atoms with Crippen molar-refractivity contribution in [3.8, 4) is 11.5 Å². The molecule has 0 unspecified atom stereocenters. The lowest BCUT2D eigenvalue weighted by molar-refractivity contribution is 0.0995. The third kappa shape index (κ3) is 7.57. The minimum Gasteiger partial charge on any atom is -0.492 e. The number of sulfone groups is 1. The normalized spacial score (nSPS) is 12.1. The van der Waals surface area contributed by atoms with E-state index in [9.17, 15) is 18.3 Å². The van der Waals surface area contributed by atoms with Crippen molar-refractivity contribution in [1.82, 2.24) is 10.3 Å². The van der Waals surface area contributed by atoms with Gasteiger partial charge in [0.2, 0.25) is 9.84 Å². The first-order chi connectivity index (χ1) is 19.2. The van der Waals surface area contributed by atoms with E-state index in [1.54, 1.807) is 24.3 Å². The number of rotatable bonds is 13. The van der Waals surface area contributed by atoms with Gasteiger partial charge in [0.25, 0.3) is 5.91 Å². The maximum Gasteiger partial charge on any atom is 0.252 e. The number of nitrogens with zero attached hydrogens (tertiary/aromatic N) is 1. The van der Waals surface area contributed by atoms with Gasteiger partial charge in [0.05, 0.1) is 21.5 Å². The molecule has 11 heteroatoms. The first-order valence-corrected chi connectivity index (χ1v) is 14.2. The molecule has 1 amide bonds. The zero-order valence-electron chi connectivity index (χ0n) is 21.4. The van der Waals surface area contributed by atoms with Crippen molar-refractivity contribution >= 4 is 27.3 Å². The fraction of sp³-hybridized carbons (Fsp3) is 0.172. The maximum absolute atomic E-state index is 13.2. The van der Waals surface area contributed by atoms with E-state index in [1.165, 1.54) is 36.5 Å². The van der Waals surface area contributed by atoms with Crippen molar-refractivity contribution in [3.05, 3.63) is 113 Å². The quantitative estimate of drug-likeness (QED) is 0.159. The number of hydrogen-bond donors (Lipinski definition) is 3. The summed E-state index contributed by atoms with van der Waals surface area (Å²) in [7, 11) is -3.94.